The van der Waals surface area contributed by atoms with E-state index in [1.807, 2.05) is 6.07 Å². The maximum absolute atomic E-state index is 12.5. The number of amides is 1. The van der Waals surface area contributed by atoms with Gasteiger partial charge in [-0.15, -0.1) is 0 Å². The maximum Gasteiger partial charge on any atom is 0.252 e. The largest absolute Gasteiger partial charge is 0.507 e. The SMILES string of the molecule is CC(C1CCC1)N1CCC23CC(=O)CCC2C1Cc1ccc(C(N)=O)c(O)c13. The van der Waals surface area contributed by atoms with Gasteiger partial charge in [0, 0.05) is 35.9 Å². The second-order valence-corrected chi connectivity index (χ2v) is 9.57. The molecule has 5 heteroatoms. The van der Waals surface area contributed by atoms with Crippen molar-refractivity contribution < 1.29 is 14.7 Å². The van der Waals surface area contributed by atoms with Crippen molar-refractivity contribution in [3.63, 3.8) is 0 Å². The number of likely N-dealkylation sites (tertiary alicyclic amines) is 1. The molecular weight excluding hydrogens is 352 g/mol. The van der Waals surface area contributed by atoms with Crippen LogP contribution in [0.4, 0.5) is 0 Å². The summed E-state index contributed by atoms with van der Waals surface area (Å²) in [5, 5.41) is 11.0. The lowest BCUT2D eigenvalue weighted by Crippen LogP contribution is -2.64. The van der Waals surface area contributed by atoms with Crippen LogP contribution in [0.15, 0.2) is 12.1 Å². The summed E-state index contributed by atoms with van der Waals surface area (Å²) in [4.78, 5) is 27.1. The van der Waals surface area contributed by atoms with Crippen molar-refractivity contribution in [1.82, 2.24) is 4.90 Å². The van der Waals surface area contributed by atoms with E-state index < -0.39 is 5.91 Å². The lowest BCUT2D eigenvalue weighted by molar-refractivity contribution is -0.128. The van der Waals surface area contributed by atoms with Crippen LogP contribution in [0.25, 0.3) is 0 Å². The number of aromatic hydroxyl groups is 1. The number of carbonyl (C=O) groups is 2. The minimum absolute atomic E-state index is 0.0311. The van der Waals surface area contributed by atoms with Gasteiger partial charge in [-0.3, -0.25) is 14.5 Å². The van der Waals surface area contributed by atoms with Crippen LogP contribution in [0.5, 0.6) is 5.75 Å². The Labute approximate surface area is 166 Å². The van der Waals surface area contributed by atoms with Crippen molar-refractivity contribution in [3.05, 3.63) is 28.8 Å². The average Bonchev–Trinajstić information content (AvgIpc) is 2.59. The number of benzene rings is 1. The number of phenols is 1. The van der Waals surface area contributed by atoms with Crippen LogP contribution >= 0.6 is 0 Å². The Morgan fingerprint density at radius 3 is 2.79 bits per heavy atom. The van der Waals surface area contributed by atoms with E-state index in [9.17, 15) is 14.7 Å². The summed E-state index contributed by atoms with van der Waals surface area (Å²) in [6.07, 6.45) is 7.79. The third kappa shape index (κ3) is 2.41. The Kier molecular flexibility index (Phi) is 4.10. The van der Waals surface area contributed by atoms with E-state index in [2.05, 4.69) is 11.8 Å². The van der Waals surface area contributed by atoms with Crippen LogP contribution in [0.3, 0.4) is 0 Å². The minimum atomic E-state index is -0.603. The zero-order valence-electron chi connectivity index (χ0n) is 16.6. The smallest absolute Gasteiger partial charge is 0.252 e. The molecule has 1 amide bonds. The van der Waals surface area contributed by atoms with Crippen molar-refractivity contribution in [2.75, 3.05) is 6.54 Å². The van der Waals surface area contributed by atoms with Crippen LogP contribution in [-0.2, 0) is 16.6 Å². The van der Waals surface area contributed by atoms with Crippen molar-refractivity contribution in [1.29, 1.82) is 0 Å². The predicted octanol–water partition coefficient (Wildman–Crippen LogP) is 2.92. The zero-order chi connectivity index (χ0) is 19.6. The Hall–Kier alpha value is -1.88. The van der Waals surface area contributed by atoms with E-state index in [4.69, 9.17) is 5.73 Å². The van der Waals surface area contributed by atoms with E-state index in [0.717, 1.165) is 42.9 Å². The average molecular weight is 383 g/mol. The molecule has 0 radical (unpaired) electrons. The third-order valence-corrected chi connectivity index (χ3v) is 8.47. The first-order chi connectivity index (χ1) is 13.4. The Bertz CT molecular complexity index is 846. The Morgan fingerprint density at radius 1 is 1.32 bits per heavy atom. The number of hydrogen-bond donors (Lipinski definition) is 2. The molecule has 5 nitrogen and oxygen atoms in total. The Balaban J connectivity index is 1.62. The number of carbonyl (C=O) groups excluding carboxylic acids is 2. The molecule has 4 atom stereocenters. The van der Waals surface area contributed by atoms with Gasteiger partial charge in [0.1, 0.15) is 11.5 Å². The van der Waals surface area contributed by atoms with Gasteiger partial charge in [-0.25, -0.2) is 0 Å². The van der Waals surface area contributed by atoms with Gasteiger partial charge >= 0.3 is 0 Å². The monoisotopic (exact) mass is 382 g/mol. The van der Waals surface area contributed by atoms with Gasteiger partial charge < -0.3 is 10.8 Å². The molecule has 1 aromatic rings. The molecule has 3 aliphatic carbocycles. The van der Waals surface area contributed by atoms with E-state index in [1.54, 1.807) is 6.07 Å². The summed E-state index contributed by atoms with van der Waals surface area (Å²) < 4.78 is 0. The van der Waals surface area contributed by atoms with Gasteiger partial charge in [0.2, 0.25) is 0 Å². The molecule has 2 bridgehead atoms. The molecule has 0 aromatic heterocycles. The Morgan fingerprint density at radius 2 is 2.11 bits per heavy atom. The molecule has 4 aliphatic rings. The first kappa shape index (κ1) is 18.2. The summed E-state index contributed by atoms with van der Waals surface area (Å²) in [5.74, 6) is 0.872. The molecule has 3 N–H and O–H groups in total. The first-order valence-electron chi connectivity index (χ1n) is 10.8. The summed E-state index contributed by atoms with van der Waals surface area (Å²) in [6.45, 7) is 3.35. The summed E-state index contributed by atoms with van der Waals surface area (Å²) >= 11 is 0. The van der Waals surface area contributed by atoms with Crippen LogP contribution in [0.2, 0.25) is 0 Å². The van der Waals surface area contributed by atoms with Crippen molar-refractivity contribution in [2.45, 2.75) is 75.8 Å². The number of primary amides is 1. The van der Waals surface area contributed by atoms with E-state index >= 15 is 0 Å². The van der Waals surface area contributed by atoms with Gasteiger partial charge in [0.05, 0.1) is 5.56 Å². The van der Waals surface area contributed by atoms with E-state index in [1.165, 1.54) is 19.3 Å². The summed E-state index contributed by atoms with van der Waals surface area (Å²) in [5.41, 5.74) is 7.32. The van der Waals surface area contributed by atoms with Crippen LogP contribution < -0.4 is 5.73 Å². The van der Waals surface area contributed by atoms with Crippen LogP contribution in [0.1, 0.15) is 73.4 Å². The van der Waals surface area contributed by atoms with Crippen molar-refractivity contribution >= 4 is 11.7 Å². The lowest BCUT2D eigenvalue weighted by atomic mass is 9.51. The standard InChI is InChI=1S/C23H30N2O3/c1-13(14-3-2-4-14)25-10-9-23-12-16(26)6-8-18(23)19(25)11-15-5-7-17(22(24)28)21(27)20(15)23/h5,7,13-14,18-19,27H,2-4,6,8-12H2,1H3,(H2,24,28). The zero-order valence-corrected chi connectivity index (χ0v) is 16.6. The highest BCUT2D eigenvalue weighted by Crippen LogP contribution is 2.58. The first-order valence-corrected chi connectivity index (χ1v) is 10.8. The molecule has 1 aliphatic heterocycles. The fraction of sp³-hybridized carbons (Fsp3) is 0.652. The van der Waals surface area contributed by atoms with Gasteiger partial charge in [-0.2, -0.15) is 0 Å². The number of ketones is 1. The second-order valence-electron chi connectivity index (χ2n) is 9.57. The molecule has 1 heterocycles. The quantitative estimate of drug-likeness (QED) is 0.842. The number of nitrogens with two attached hydrogens (primary N) is 1. The molecule has 28 heavy (non-hydrogen) atoms. The lowest BCUT2D eigenvalue weighted by Gasteiger charge is -2.60. The maximum atomic E-state index is 12.5. The number of Topliss-reactive ketones (excluding diaryl/α,β-unsaturated/α-hetero) is 1. The van der Waals surface area contributed by atoms with Gasteiger partial charge in [0.15, 0.2) is 0 Å². The molecule has 1 aromatic carbocycles. The summed E-state index contributed by atoms with van der Waals surface area (Å²) in [6, 6.07) is 4.63. The molecule has 5 rings (SSSR count). The fourth-order valence-electron chi connectivity index (χ4n) is 6.86. The predicted molar refractivity (Wildman–Crippen MR) is 106 cm³/mol. The number of nitrogens with zero attached hydrogens (tertiary/aromatic N) is 1. The topological polar surface area (TPSA) is 83.6 Å². The number of fused-ring (bicyclic) bond motifs is 1. The van der Waals surface area contributed by atoms with Crippen LogP contribution in [0, 0.1) is 11.8 Å². The normalized spacial score (nSPS) is 33.5. The van der Waals surface area contributed by atoms with E-state index in [0.29, 0.717) is 30.8 Å². The highest BCUT2D eigenvalue weighted by atomic mass is 16.3. The van der Waals surface area contributed by atoms with Gasteiger partial charge in [0.25, 0.3) is 5.91 Å². The molecule has 3 fully saturated rings. The van der Waals surface area contributed by atoms with Crippen molar-refractivity contribution in [2.24, 2.45) is 17.6 Å². The molecule has 4 unspecified atom stereocenters. The highest BCUT2D eigenvalue weighted by Gasteiger charge is 2.57. The number of piperidine rings is 1. The van der Waals surface area contributed by atoms with Gasteiger partial charge in [-0.1, -0.05) is 12.5 Å². The minimum Gasteiger partial charge on any atom is -0.507 e. The molecule has 2 saturated carbocycles. The molecule has 150 valence electrons. The molecular formula is C23H30N2O3. The second kappa shape index (κ2) is 6.31. The fourth-order valence-corrected chi connectivity index (χ4v) is 6.86. The summed E-state index contributed by atoms with van der Waals surface area (Å²) in [7, 11) is 0. The molecule has 0 spiro atoms. The van der Waals surface area contributed by atoms with Crippen molar-refractivity contribution in [3.8, 4) is 5.75 Å². The number of rotatable bonds is 3. The number of hydrogen-bond acceptors (Lipinski definition) is 4. The van der Waals surface area contributed by atoms with Crippen LogP contribution in [-0.4, -0.2) is 40.3 Å². The van der Waals surface area contributed by atoms with Gasteiger partial charge in [-0.05, 0) is 69.0 Å². The van der Waals surface area contributed by atoms with E-state index in [-0.39, 0.29) is 22.5 Å². The third-order valence-electron chi connectivity index (χ3n) is 8.47. The molecule has 1 saturated heterocycles. The highest BCUT2D eigenvalue weighted by molar-refractivity contribution is 5.96.